The summed E-state index contributed by atoms with van der Waals surface area (Å²) in [4.78, 5) is 24.8. The van der Waals surface area contributed by atoms with Crippen LogP contribution in [-0.2, 0) is 0 Å². The Balaban J connectivity index is 2.51. The number of halogens is 2. The summed E-state index contributed by atoms with van der Waals surface area (Å²) >= 11 is 3.01. The van der Waals surface area contributed by atoms with Crippen molar-refractivity contribution in [2.45, 2.75) is 0 Å². The number of carboxylic acids is 1. The van der Waals surface area contributed by atoms with Gasteiger partial charge >= 0.3 is 5.97 Å². The molecule has 0 saturated heterocycles. The lowest BCUT2D eigenvalue weighted by molar-refractivity contribution is -0.385. The van der Waals surface area contributed by atoms with E-state index in [-0.39, 0.29) is 5.75 Å². The van der Waals surface area contributed by atoms with E-state index in [1.165, 1.54) is 18.3 Å². The Morgan fingerprint density at radius 2 is 2.19 bits per heavy atom. The van der Waals surface area contributed by atoms with Gasteiger partial charge in [-0.05, 0) is 28.1 Å². The number of aromatic nitrogens is 1. The van der Waals surface area contributed by atoms with Gasteiger partial charge in [0.25, 0.3) is 11.6 Å². The first kappa shape index (κ1) is 14.9. The van der Waals surface area contributed by atoms with Gasteiger partial charge in [0.1, 0.15) is 0 Å². The van der Waals surface area contributed by atoms with Crippen molar-refractivity contribution in [2.24, 2.45) is 0 Å². The highest BCUT2D eigenvalue weighted by Crippen LogP contribution is 2.32. The molecule has 7 nitrogen and oxygen atoms in total. The second-order valence-electron chi connectivity index (χ2n) is 3.76. The molecule has 0 saturated carbocycles. The quantitative estimate of drug-likeness (QED) is 0.665. The SMILES string of the molecule is O=C(O)c1c(Oc2ncc(Br)cc2F)cccc1[N+](=O)[O-]. The molecule has 0 bridgehead atoms. The van der Waals surface area contributed by atoms with Gasteiger partial charge in [-0.2, -0.15) is 0 Å². The average molecular weight is 357 g/mol. The highest BCUT2D eigenvalue weighted by molar-refractivity contribution is 9.10. The summed E-state index contributed by atoms with van der Waals surface area (Å²) in [7, 11) is 0. The summed E-state index contributed by atoms with van der Waals surface area (Å²) in [5, 5.41) is 19.9. The maximum absolute atomic E-state index is 13.6. The molecule has 0 aliphatic carbocycles. The largest absolute Gasteiger partial charge is 0.477 e. The normalized spacial score (nSPS) is 10.2. The Bertz CT molecular complexity index is 738. The predicted molar refractivity (Wildman–Crippen MR) is 72.0 cm³/mol. The molecule has 0 radical (unpaired) electrons. The fourth-order valence-corrected chi connectivity index (χ4v) is 1.86. The third-order valence-corrected chi connectivity index (χ3v) is 2.83. The third kappa shape index (κ3) is 3.14. The second kappa shape index (κ2) is 5.83. The molecule has 0 aliphatic rings. The number of ether oxygens (including phenoxy) is 1. The molecule has 0 atom stereocenters. The monoisotopic (exact) mass is 356 g/mol. The van der Waals surface area contributed by atoms with E-state index in [1.807, 2.05) is 0 Å². The Morgan fingerprint density at radius 1 is 1.48 bits per heavy atom. The second-order valence-corrected chi connectivity index (χ2v) is 4.67. The first-order valence-corrected chi connectivity index (χ1v) is 6.19. The molecule has 21 heavy (non-hydrogen) atoms. The molecule has 1 aromatic carbocycles. The zero-order chi connectivity index (χ0) is 15.6. The maximum atomic E-state index is 13.6. The maximum Gasteiger partial charge on any atom is 0.346 e. The number of rotatable bonds is 4. The average Bonchev–Trinajstić information content (AvgIpc) is 2.41. The first-order chi connectivity index (χ1) is 9.90. The minimum absolute atomic E-state index is 0.366. The topological polar surface area (TPSA) is 103 Å². The lowest BCUT2D eigenvalue weighted by Crippen LogP contribution is -2.05. The molecule has 0 fully saturated rings. The van der Waals surface area contributed by atoms with Crippen molar-refractivity contribution in [1.29, 1.82) is 0 Å². The van der Waals surface area contributed by atoms with Gasteiger partial charge in [-0.1, -0.05) is 6.07 Å². The molecule has 0 aliphatic heterocycles. The summed E-state index contributed by atoms with van der Waals surface area (Å²) in [5.74, 6) is -3.26. The number of carboxylic acid groups (broad SMARTS) is 1. The Labute approximate surface area is 125 Å². The number of nitrogens with zero attached hydrogens (tertiary/aromatic N) is 2. The van der Waals surface area contributed by atoms with Crippen LogP contribution < -0.4 is 4.74 Å². The van der Waals surface area contributed by atoms with Crippen LogP contribution in [0.2, 0.25) is 0 Å². The third-order valence-electron chi connectivity index (χ3n) is 2.40. The van der Waals surface area contributed by atoms with Gasteiger partial charge in [0.2, 0.25) is 0 Å². The summed E-state index contributed by atoms with van der Waals surface area (Å²) in [5.41, 5.74) is -1.33. The number of pyridine rings is 1. The standard InChI is InChI=1S/C12H6BrFN2O5/c13-6-4-7(14)11(15-5-6)21-9-3-1-2-8(16(19)20)10(9)12(17)18/h1-5H,(H,17,18). The van der Waals surface area contributed by atoms with Crippen LogP contribution in [0.1, 0.15) is 10.4 Å². The zero-order valence-corrected chi connectivity index (χ0v) is 11.7. The molecule has 0 amide bonds. The Kier molecular flexibility index (Phi) is 4.13. The van der Waals surface area contributed by atoms with E-state index < -0.39 is 33.8 Å². The number of hydrogen-bond acceptors (Lipinski definition) is 5. The van der Waals surface area contributed by atoms with Crippen molar-refractivity contribution in [3.05, 3.63) is 56.4 Å². The lowest BCUT2D eigenvalue weighted by Gasteiger charge is -2.08. The number of nitro groups is 1. The highest BCUT2D eigenvalue weighted by atomic mass is 79.9. The number of benzene rings is 1. The van der Waals surface area contributed by atoms with Crippen molar-refractivity contribution in [2.75, 3.05) is 0 Å². The first-order valence-electron chi connectivity index (χ1n) is 5.39. The van der Waals surface area contributed by atoms with Crippen LogP contribution in [0.3, 0.4) is 0 Å². The van der Waals surface area contributed by atoms with E-state index >= 15 is 0 Å². The molecule has 0 spiro atoms. The molecule has 1 aromatic heterocycles. The van der Waals surface area contributed by atoms with Crippen molar-refractivity contribution in [1.82, 2.24) is 4.98 Å². The van der Waals surface area contributed by atoms with Crippen LogP contribution in [0.4, 0.5) is 10.1 Å². The van der Waals surface area contributed by atoms with Crippen LogP contribution in [0.15, 0.2) is 34.9 Å². The van der Waals surface area contributed by atoms with Gasteiger partial charge in [0.15, 0.2) is 17.1 Å². The van der Waals surface area contributed by atoms with Crippen molar-refractivity contribution in [3.63, 3.8) is 0 Å². The number of hydrogen-bond donors (Lipinski definition) is 1. The van der Waals surface area contributed by atoms with E-state index in [4.69, 9.17) is 9.84 Å². The van der Waals surface area contributed by atoms with Gasteiger partial charge in [-0.25, -0.2) is 14.2 Å². The fourth-order valence-electron chi connectivity index (χ4n) is 1.55. The van der Waals surface area contributed by atoms with Crippen molar-refractivity contribution in [3.8, 4) is 11.6 Å². The molecule has 2 rings (SSSR count). The van der Waals surface area contributed by atoms with Gasteiger partial charge in [-0.15, -0.1) is 0 Å². The summed E-state index contributed by atoms with van der Waals surface area (Å²) in [6, 6.07) is 4.50. The molecule has 0 unspecified atom stereocenters. The Morgan fingerprint density at radius 3 is 2.76 bits per heavy atom. The highest BCUT2D eigenvalue weighted by Gasteiger charge is 2.25. The molecule has 1 heterocycles. The van der Waals surface area contributed by atoms with Crippen molar-refractivity contribution < 1.29 is 24.0 Å². The molecule has 9 heteroatoms. The van der Waals surface area contributed by atoms with Crippen LogP contribution in [0, 0.1) is 15.9 Å². The van der Waals surface area contributed by atoms with E-state index in [1.54, 1.807) is 0 Å². The van der Waals surface area contributed by atoms with E-state index in [9.17, 15) is 19.3 Å². The fraction of sp³-hybridized carbons (Fsp3) is 0. The van der Waals surface area contributed by atoms with Crippen LogP contribution in [0.25, 0.3) is 0 Å². The summed E-state index contributed by atoms with van der Waals surface area (Å²) in [6.07, 6.45) is 1.25. The predicted octanol–water partition coefficient (Wildman–Crippen LogP) is 3.38. The van der Waals surface area contributed by atoms with E-state index in [0.717, 1.165) is 12.1 Å². The number of aromatic carboxylic acids is 1. The van der Waals surface area contributed by atoms with E-state index in [0.29, 0.717) is 4.47 Å². The van der Waals surface area contributed by atoms with Crippen LogP contribution in [-0.4, -0.2) is 21.0 Å². The minimum atomic E-state index is -1.56. The number of nitro benzene ring substituents is 1. The van der Waals surface area contributed by atoms with Gasteiger partial charge in [0.05, 0.1) is 4.92 Å². The summed E-state index contributed by atoms with van der Waals surface area (Å²) in [6.45, 7) is 0. The minimum Gasteiger partial charge on any atom is -0.477 e. The summed E-state index contributed by atoms with van der Waals surface area (Å²) < 4.78 is 19.1. The zero-order valence-electron chi connectivity index (χ0n) is 10.1. The Hall–Kier alpha value is -2.55. The van der Waals surface area contributed by atoms with E-state index in [2.05, 4.69) is 20.9 Å². The molecular weight excluding hydrogens is 351 g/mol. The lowest BCUT2D eigenvalue weighted by atomic mass is 10.1. The van der Waals surface area contributed by atoms with Gasteiger partial charge in [-0.3, -0.25) is 10.1 Å². The number of carbonyl (C=O) groups is 1. The van der Waals surface area contributed by atoms with Crippen LogP contribution >= 0.6 is 15.9 Å². The van der Waals surface area contributed by atoms with Crippen LogP contribution in [0.5, 0.6) is 11.6 Å². The molecule has 108 valence electrons. The molecular formula is C12H6BrFN2O5. The molecule has 1 N–H and O–H groups in total. The van der Waals surface area contributed by atoms with Crippen molar-refractivity contribution >= 4 is 27.6 Å². The van der Waals surface area contributed by atoms with Gasteiger partial charge in [0, 0.05) is 16.7 Å². The smallest absolute Gasteiger partial charge is 0.346 e. The van der Waals surface area contributed by atoms with Gasteiger partial charge < -0.3 is 9.84 Å². The molecule has 2 aromatic rings.